The van der Waals surface area contributed by atoms with Crippen molar-refractivity contribution in [3.63, 3.8) is 0 Å². The average Bonchev–Trinajstić information content (AvgIpc) is 2.90. The summed E-state index contributed by atoms with van der Waals surface area (Å²) in [4.78, 5) is 2.15. The molecule has 0 radical (unpaired) electrons. The van der Waals surface area contributed by atoms with E-state index >= 15 is 0 Å². The van der Waals surface area contributed by atoms with Gasteiger partial charge in [-0.2, -0.15) is 0 Å². The maximum atomic E-state index is 4.80. The number of hydrogen-bond acceptors (Lipinski definition) is 2. The molecule has 0 saturated heterocycles. The molecule has 0 unspecified atom stereocenters. The third kappa shape index (κ3) is 5.17. The van der Waals surface area contributed by atoms with Gasteiger partial charge in [0.05, 0.1) is 0 Å². The molecule has 3 nitrogen and oxygen atoms in total. The molecule has 0 fully saturated rings. The van der Waals surface area contributed by atoms with Crippen molar-refractivity contribution in [2.45, 2.75) is 72.6 Å². The van der Waals surface area contributed by atoms with Crippen LogP contribution in [-0.2, 0) is 7.05 Å². The molecule has 0 atom stereocenters. The molecule has 1 rings (SSSR count). The van der Waals surface area contributed by atoms with E-state index in [9.17, 15) is 0 Å². The van der Waals surface area contributed by atoms with Crippen LogP contribution in [-0.4, -0.2) is 42.3 Å². The fourth-order valence-corrected chi connectivity index (χ4v) is 20.0. The third-order valence-corrected chi connectivity index (χ3v) is 20.6. The zero-order valence-electron chi connectivity index (χ0n) is 15.8. The first-order valence-electron chi connectivity index (χ1n) is 9.22. The van der Waals surface area contributed by atoms with Crippen LogP contribution < -0.4 is 8.61 Å². The molecule has 0 saturated carbocycles. The van der Waals surface area contributed by atoms with E-state index in [1.165, 1.54) is 51.8 Å². The summed E-state index contributed by atoms with van der Waals surface area (Å²) < 4.78 is 8.44. The molecule has 0 spiro atoms. The van der Waals surface area contributed by atoms with Crippen LogP contribution in [0.25, 0.3) is 0 Å². The van der Waals surface area contributed by atoms with Crippen molar-refractivity contribution in [3.8, 4) is 0 Å². The van der Waals surface area contributed by atoms with E-state index in [0.29, 0.717) is 0 Å². The van der Waals surface area contributed by atoms with Crippen molar-refractivity contribution < 1.29 is 0 Å². The number of aromatic nitrogens is 2. The molecule has 0 aliphatic heterocycles. The van der Waals surface area contributed by atoms with Crippen LogP contribution in [0.5, 0.6) is 0 Å². The Bertz CT molecular complexity index is 404. The van der Waals surface area contributed by atoms with Crippen LogP contribution in [0.15, 0.2) is 6.07 Å². The Kier molecular flexibility index (Phi) is 8.88. The second-order valence-electron chi connectivity index (χ2n) is 7.00. The summed E-state index contributed by atoms with van der Waals surface area (Å²) in [7, 11) is 6.39. The van der Waals surface area contributed by atoms with Crippen molar-refractivity contribution in [1.29, 1.82) is 0 Å². The van der Waals surface area contributed by atoms with Gasteiger partial charge >= 0.3 is 142 Å². The summed E-state index contributed by atoms with van der Waals surface area (Å²) >= 11 is -2.33. The Balaban J connectivity index is 3.18. The summed E-state index contributed by atoms with van der Waals surface area (Å²) in [6.07, 6.45) is 8.21. The third-order valence-electron chi connectivity index (χ3n) is 4.90. The second-order valence-corrected chi connectivity index (χ2v) is 20.0. The van der Waals surface area contributed by atoms with E-state index in [2.05, 4.69) is 57.6 Å². The van der Waals surface area contributed by atoms with E-state index in [4.69, 9.17) is 5.10 Å². The fourth-order valence-electron chi connectivity index (χ4n) is 3.47. The van der Waals surface area contributed by atoms with Gasteiger partial charge in [-0.05, 0) is 0 Å². The van der Waals surface area contributed by atoms with Crippen molar-refractivity contribution >= 4 is 27.9 Å². The van der Waals surface area contributed by atoms with Gasteiger partial charge in [-0.3, -0.25) is 0 Å². The number of unbranched alkanes of at least 4 members (excludes halogenated alkanes) is 3. The quantitative estimate of drug-likeness (QED) is 0.496. The summed E-state index contributed by atoms with van der Waals surface area (Å²) in [6, 6.07) is 2.43. The molecule has 0 amide bonds. The van der Waals surface area contributed by atoms with E-state index in [0.717, 1.165) is 5.82 Å². The zero-order chi connectivity index (χ0) is 16.6. The number of anilines is 1. The molecule has 1 heterocycles. The Morgan fingerprint density at radius 3 is 1.73 bits per heavy atom. The van der Waals surface area contributed by atoms with Crippen LogP contribution in [0.4, 0.5) is 5.82 Å². The molecule has 0 bridgehead atoms. The number of nitrogens with zero attached hydrogens (tertiary/aromatic N) is 3. The predicted octanol–water partition coefficient (Wildman–Crippen LogP) is 4.54. The van der Waals surface area contributed by atoms with Gasteiger partial charge in [0.1, 0.15) is 0 Å². The van der Waals surface area contributed by atoms with Gasteiger partial charge in [0.25, 0.3) is 0 Å². The SMILES string of the molecule is CCC[CH2][Sn]([CH2]CCC)([CH2]CCC)[c]1cc(N(C)C)nn1C. The molecule has 0 N–H and O–H groups in total. The van der Waals surface area contributed by atoms with Crippen LogP contribution in [0.1, 0.15) is 59.3 Å². The topological polar surface area (TPSA) is 21.1 Å². The second kappa shape index (κ2) is 9.84. The number of aryl methyl sites for hydroxylation is 1. The van der Waals surface area contributed by atoms with E-state index < -0.39 is 18.4 Å². The van der Waals surface area contributed by atoms with E-state index in [1.54, 1.807) is 3.71 Å². The van der Waals surface area contributed by atoms with Crippen LogP contribution in [0.3, 0.4) is 0 Å². The molecule has 1 aromatic rings. The predicted molar refractivity (Wildman–Crippen MR) is 102 cm³/mol. The first-order chi connectivity index (χ1) is 10.5. The van der Waals surface area contributed by atoms with E-state index in [1.807, 2.05) is 0 Å². The van der Waals surface area contributed by atoms with Crippen molar-refractivity contribution in [3.05, 3.63) is 6.07 Å². The Morgan fingerprint density at radius 1 is 0.955 bits per heavy atom. The molecule has 22 heavy (non-hydrogen) atoms. The maximum absolute atomic E-state index is 4.80. The number of hydrogen-bond donors (Lipinski definition) is 0. The minimum atomic E-state index is -2.33. The normalized spacial score (nSPS) is 11.9. The van der Waals surface area contributed by atoms with Crippen LogP contribution >= 0.6 is 0 Å². The van der Waals surface area contributed by atoms with Gasteiger partial charge < -0.3 is 0 Å². The summed E-state index contributed by atoms with van der Waals surface area (Å²) in [5.41, 5.74) is 0. The molecule has 0 aliphatic carbocycles. The van der Waals surface area contributed by atoms with Gasteiger partial charge in [0, 0.05) is 0 Å². The summed E-state index contributed by atoms with van der Waals surface area (Å²) in [5, 5.41) is 4.80. The van der Waals surface area contributed by atoms with Gasteiger partial charge in [0.2, 0.25) is 0 Å². The van der Waals surface area contributed by atoms with Crippen LogP contribution in [0, 0.1) is 0 Å². The van der Waals surface area contributed by atoms with E-state index in [-0.39, 0.29) is 0 Å². The molecule has 128 valence electrons. The van der Waals surface area contributed by atoms with Crippen molar-refractivity contribution in [2.24, 2.45) is 7.05 Å². The molecule has 4 heteroatoms. The molecule has 1 aromatic heterocycles. The first-order valence-corrected chi connectivity index (χ1v) is 16.7. The monoisotopic (exact) mass is 415 g/mol. The Morgan fingerprint density at radius 2 is 1.41 bits per heavy atom. The first kappa shape index (κ1) is 19.9. The molecule has 0 aromatic carbocycles. The van der Waals surface area contributed by atoms with Gasteiger partial charge in [0.15, 0.2) is 0 Å². The van der Waals surface area contributed by atoms with Gasteiger partial charge in [-0.1, -0.05) is 0 Å². The average molecular weight is 414 g/mol. The van der Waals surface area contributed by atoms with Crippen molar-refractivity contribution in [2.75, 3.05) is 19.0 Å². The molecular formula is C18H37N3Sn. The Hall–Kier alpha value is -0.191. The minimum absolute atomic E-state index is 1.14. The zero-order valence-corrected chi connectivity index (χ0v) is 18.6. The number of rotatable bonds is 11. The summed E-state index contributed by atoms with van der Waals surface area (Å²) in [5.74, 6) is 1.14. The summed E-state index contributed by atoms with van der Waals surface area (Å²) in [6.45, 7) is 7.01. The standard InChI is InChI=1S/C6H10N3.3C4H9.Sn/c1-8(2)6-4-5-9(3)7-6;3*1-3-4-2;/h4H,1-3H3;3*1,3-4H2,2H3;. The van der Waals surface area contributed by atoms with Gasteiger partial charge in [-0.15, -0.1) is 0 Å². The molecule has 0 aliphatic rings. The fraction of sp³-hybridized carbons (Fsp3) is 0.833. The van der Waals surface area contributed by atoms with Crippen LogP contribution in [0.2, 0.25) is 13.3 Å². The molecular weight excluding hydrogens is 377 g/mol. The van der Waals surface area contributed by atoms with Crippen molar-refractivity contribution in [1.82, 2.24) is 9.78 Å². The van der Waals surface area contributed by atoms with Gasteiger partial charge in [-0.25, -0.2) is 0 Å². The Labute approximate surface area is 142 Å².